The van der Waals surface area contributed by atoms with E-state index in [2.05, 4.69) is 22.9 Å². The summed E-state index contributed by atoms with van der Waals surface area (Å²) in [6.45, 7) is 2.06. The number of nitrogens with one attached hydrogen (secondary N) is 3. The van der Waals surface area contributed by atoms with Crippen LogP contribution in [0.5, 0.6) is 0 Å². The van der Waals surface area contributed by atoms with E-state index in [1.54, 1.807) is 24.3 Å². The lowest BCUT2D eigenvalue weighted by Crippen LogP contribution is -2.19. The van der Waals surface area contributed by atoms with Crippen LogP contribution < -0.4 is 16.0 Å². The summed E-state index contributed by atoms with van der Waals surface area (Å²) in [4.78, 5) is 11.9. The Balaban J connectivity index is 2.01. The molecule has 0 bridgehead atoms. The van der Waals surface area contributed by atoms with Crippen LogP contribution in [0.2, 0.25) is 5.02 Å². The zero-order valence-corrected chi connectivity index (χ0v) is 12.7. The minimum atomic E-state index is -0.286. The maximum atomic E-state index is 11.9. The molecular weight excluding hydrogens is 286 g/mol. The van der Waals surface area contributed by atoms with Crippen LogP contribution in [0.3, 0.4) is 0 Å². The Morgan fingerprint density at radius 2 is 1.71 bits per heavy atom. The predicted molar refractivity (Wildman–Crippen MR) is 88.0 cm³/mol. The van der Waals surface area contributed by atoms with E-state index in [0.717, 1.165) is 11.3 Å². The monoisotopic (exact) mass is 303 g/mol. The van der Waals surface area contributed by atoms with Crippen LogP contribution in [0.1, 0.15) is 18.5 Å². The third-order valence-corrected chi connectivity index (χ3v) is 3.43. The molecule has 0 aliphatic heterocycles. The number of hydrogen-bond acceptors (Lipinski definition) is 2. The summed E-state index contributed by atoms with van der Waals surface area (Å²) >= 11 is 5.80. The average molecular weight is 304 g/mol. The molecule has 0 spiro atoms. The highest BCUT2D eigenvalue weighted by Crippen LogP contribution is 2.18. The van der Waals surface area contributed by atoms with E-state index < -0.39 is 0 Å². The van der Waals surface area contributed by atoms with Crippen LogP contribution >= 0.6 is 11.6 Å². The summed E-state index contributed by atoms with van der Waals surface area (Å²) in [7, 11) is 1.90. The number of hydrogen-bond donors (Lipinski definition) is 3. The van der Waals surface area contributed by atoms with Gasteiger partial charge >= 0.3 is 6.03 Å². The lowest BCUT2D eigenvalue weighted by Gasteiger charge is -2.13. The van der Waals surface area contributed by atoms with Crippen molar-refractivity contribution in [2.45, 2.75) is 13.0 Å². The second kappa shape index (κ2) is 7.11. The molecule has 0 aliphatic rings. The standard InChI is InChI=1S/C16H18ClN3O/c1-11(18-2)12-4-3-5-15(10-12)20-16(21)19-14-8-6-13(17)7-9-14/h3-11,18H,1-2H3,(H2,19,20,21). The summed E-state index contributed by atoms with van der Waals surface area (Å²) in [5, 5.41) is 9.37. The molecule has 0 saturated carbocycles. The van der Waals surface area contributed by atoms with Crippen LogP contribution in [0, 0.1) is 0 Å². The van der Waals surface area contributed by atoms with E-state index in [1.165, 1.54) is 0 Å². The number of urea groups is 1. The quantitative estimate of drug-likeness (QED) is 0.790. The van der Waals surface area contributed by atoms with Gasteiger partial charge in [0.15, 0.2) is 0 Å². The van der Waals surface area contributed by atoms with Crippen molar-refractivity contribution < 1.29 is 4.79 Å². The minimum Gasteiger partial charge on any atom is -0.313 e. The first-order valence-corrected chi connectivity index (χ1v) is 7.07. The van der Waals surface area contributed by atoms with Crippen molar-refractivity contribution in [3.05, 3.63) is 59.1 Å². The highest BCUT2D eigenvalue weighted by molar-refractivity contribution is 6.30. The van der Waals surface area contributed by atoms with Crippen molar-refractivity contribution in [3.63, 3.8) is 0 Å². The third-order valence-electron chi connectivity index (χ3n) is 3.18. The van der Waals surface area contributed by atoms with Gasteiger partial charge in [-0.3, -0.25) is 0 Å². The first-order chi connectivity index (χ1) is 10.1. The Kier molecular flexibility index (Phi) is 5.20. The van der Waals surface area contributed by atoms with Crippen LogP contribution in [-0.4, -0.2) is 13.1 Å². The van der Waals surface area contributed by atoms with Gasteiger partial charge in [0.2, 0.25) is 0 Å². The zero-order chi connectivity index (χ0) is 15.2. The molecule has 0 radical (unpaired) electrons. The van der Waals surface area contributed by atoms with E-state index in [4.69, 9.17) is 11.6 Å². The van der Waals surface area contributed by atoms with Crippen molar-refractivity contribution in [3.8, 4) is 0 Å². The van der Waals surface area contributed by atoms with Crippen molar-refractivity contribution in [1.82, 2.24) is 5.32 Å². The van der Waals surface area contributed by atoms with Crippen molar-refractivity contribution in [2.24, 2.45) is 0 Å². The number of carbonyl (C=O) groups is 1. The Hall–Kier alpha value is -2.04. The second-order valence-corrected chi connectivity index (χ2v) is 5.16. The van der Waals surface area contributed by atoms with E-state index in [-0.39, 0.29) is 12.1 Å². The fraction of sp³-hybridized carbons (Fsp3) is 0.188. The van der Waals surface area contributed by atoms with Crippen LogP contribution in [0.15, 0.2) is 48.5 Å². The fourth-order valence-corrected chi connectivity index (χ4v) is 2.01. The minimum absolute atomic E-state index is 0.228. The van der Waals surface area contributed by atoms with E-state index in [9.17, 15) is 4.79 Å². The van der Waals surface area contributed by atoms with E-state index in [0.29, 0.717) is 10.7 Å². The first kappa shape index (κ1) is 15.4. The first-order valence-electron chi connectivity index (χ1n) is 6.69. The van der Waals surface area contributed by atoms with Gasteiger partial charge in [-0.05, 0) is 55.9 Å². The lowest BCUT2D eigenvalue weighted by atomic mass is 10.1. The summed E-state index contributed by atoms with van der Waals surface area (Å²) in [5.41, 5.74) is 2.56. The summed E-state index contributed by atoms with van der Waals surface area (Å²) < 4.78 is 0. The van der Waals surface area contributed by atoms with Gasteiger partial charge < -0.3 is 16.0 Å². The Morgan fingerprint density at radius 1 is 1.05 bits per heavy atom. The Bertz CT molecular complexity index is 613. The topological polar surface area (TPSA) is 53.2 Å². The maximum absolute atomic E-state index is 11.9. The molecule has 110 valence electrons. The smallest absolute Gasteiger partial charge is 0.313 e. The molecule has 5 heteroatoms. The van der Waals surface area contributed by atoms with Gasteiger partial charge in [-0.2, -0.15) is 0 Å². The number of benzene rings is 2. The van der Waals surface area contributed by atoms with Crippen molar-refractivity contribution >= 4 is 29.0 Å². The molecule has 4 nitrogen and oxygen atoms in total. The number of rotatable bonds is 4. The third kappa shape index (κ3) is 4.48. The maximum Gasteiger partial charge on any atom is 0.323 e. The molecule has 2 rings (SSSR count). The largest absolute Gasteiger partial charge is 0.323 e. The molecule has 0 aliphatic carbocycles. The molecule has 0 fully saturated rings. The fourth-order valence-electron chi connectivity index (χ4n) is 1.88. The van der Waals surface area contributed by atoms with E-state index >= 15 is 0 Å². The summed E-state index contributed by atoms with van der Waals surface area (Å²) in [6.07, 6.45) is 0. The number of amides is 2. The van der Waals surface area contributed by atoms with Gasteiger partial charge in [0.05, 0.1) is 0 Å². The SMILES string of the molecule is CNC(C)c1cccc(NC(=O)Nc2ccc(Cl)cc2)c1. The molecule has 2 amide bonds. The Morgan fingerprint density at radius 3 is 2.38 bits per heavy atom. The van der Waals surface area contributed by atoms with Gasteiger partial charge in [0.25, 0.3) is 0 Å². The highest BCUT2D eigenvalue weighted by atomic mass is 35.5. The Labute approximate surface area is 129 Å². The van der Waals surface area contributed by atoms with Gasteiger partial charge in [-0.25, -0.2) is 4.79 Å². The molecule has 2 aromatic rings. The molecule has 0 heterocycles. The van der Waals surface area contributed by atoms with Crippen LogP contribution in [-0.2, 0) is 0 Å². The molecule has 21 heavy (non-hydrogen) atoms. The summed E-state index contributed by atoms with van der Waals surface area (Å²) in [5.74, 6) is 0. The van der Waals surface area contributed by atoms with Crippen LogP contribution in [0.4, 0.5) is 16.2 Å². The lowest BCUT2D eigenvalue weighted by molar-refractivity contribution is 0.262. The van der Waals surface area contributed by atoms with Crippen molar-refractivity contribution in [2.75, 3.05) is 17.7 Å². The van der Waals surface area contributed by atoms with Crippen LogP contribution in [0.25, 0.3) is 0 Å². The van der Waals surface area contributed by atoms with Gasteiger partial charge in [0.1, 0.15) is 0 Å². The number of halogens is 1. The second-order valence-electron chi connectivity index (χ2n) is 4.72. The van der Waals surface area contributed by atoms with E-state index in [1.807, 2.05) is 31.3 Å². The molecule has 3 N–H and O–H groups in total. The molecule has 2 aromatic carbocycles. The zero-order valence-electron chi connectivity index (χ0n) is 12.0. The van der Waals surface area contributed by atoms with Gasteiger partial charge in [-0.1, -0.05) is 23.7 Å². The number of anilines is 2. The molecule has 0 saturated heterocycles. The average Bonchev–Trinajstić information content (AvgIpc) is 2.49. The molecular formula is C16H18ClN3O. The predicted octanol–water partition coefficient (Wildman–Crippen LogP) is 4.26. The van der Waals surface area contributed by atoms with Gasteiger partial charge in [-0.15, -0.1) is 0 Å². The van der Waals surface area contributed by atoms with Crippen molar-refractivity contribution in [1.29, 1.82) is 0 Å². The summed E-state index contributed by atoms with van der Waals surface area (Å²) in [6, 6.07) is 14.6. The molecule has 0 aromatic heterocycles. The normalized spacial score (nSPS) is 11.8. The van der Waals surface area contributed by atoms with Gasteiger partial charge in [0, 0.05) is 22.4 Å². The molecule has 1 atom stereocenters. The highest BCUT2D eigenvalue weighted by Gasteiger charge is 2.06. The number of carbonyl (C=O) groups excluding carboxylic acids is 1. The molecule has 1 unspecified atom stereocenters.